The summed E-state index contributed by atoms with van der Waals surface area (Å²) in [6, 6.07) is 70.3. The molecular weight excluding hydrogens is 705 g/mol. The van der Waals surface area contributed by atoms with Crippen LogP contribution in [0.25, 0.3) is 120 Å². The van der Waals surface area contributed by atoms with Crippen molar-refractivity contribution in [1.82, 2.24) is 19.1 Å². The quantitative estimate of drug-likeness (QED) is 0.169. The third kappa shape index (κ3) is 4.45. The number of rotatable bonds is 3. The molecule has 13 aromatic rings. The van der Waals surface area contributed by atoms with Crippen LogP contribution in [0.1, 0.15) is 0 Å². The molecule has 0 unspecified atom stereocenters. The average Bonchev–Trinajstić information content (AvgIpc) is 3.78. The molecule has 0 aliphatic heterocycles. The Morgan fingerprint density at radius 1 is 0.310 bits per heavy atom. The lowest BCUT2D eigenvalue weighted by Gasteiger charge is -2.14. The molecule has 0 saturated carbocycles. The zero-order valence-electron chi connectivity index (χ0n) is 31.3. The molecule has 0 bridgehead atoms. The van der Waals surface area contributed by atoms with Crippen molar-refractivity contribution in [3.05, 3.63) is 194 Å². The molecule has 268 valence electrons. The predicted molar refractivity (Wildman–Crippen MR) is 244 cm³/mol. The first kappa shape index (κ1) is 31.4. The maximum Gasteiger partial charge on any atom is 0.235 e. The van der Waals surface area contributed by atoms with Gasteiger partial charge in [-0.1, -0.05) is 146 Å². The summed E-state index contributed by atoms with van der Waals surface area (Å²) >= 11 is 0. The van der Waals surface area contributed by atoms with E-state index in [1.807, 2.05) is 0 Å². The molecule has 0 amide bonds. The van der Waals surface area contributed by atoms with Gasteiger partial charge >= 0.3 is 0 Å². The van der Waals surface area contributed by atoms with Gasteiger partial charge in [-0.3, -0.25) is 4.57 Å². The molecule has 0 N–H and O–H groups in total. The molecular formula is C54H32N4. The fraction of sp³-hybridized carbons (Fsp3) is 0. The molecule has 0 saturated heterocycles. The molecule has 0 radical (unpaired) electrons. The number of fused-ring (bicyclic) bond motifs is 13. The molecule has 3 heterocycles. The SMILES string of the molecule is c1ccc(-n2c3cc4c5cc6ccccc6cc5n(-c5nc(-c6ccc7ccccc7c6)c6ccc7ccccc7c6n5)c4cc3c3ccc4ccccc4c32)cc1. The zero-order valence-corrected chi connectivity index (χ0v) is 31.3. The minimum atomic E-state index is 0.652. The Morgan fingerprint density at radius 3 is 1.62 bits per heavy atom. The van der Waals surface area contributed by atoms with Crippen LogP contribution in [0.2, 0.25) is 0 Å². The van der Waals surface area contributed by atoms with Crippen LogP contribution in [-0.4, -0.2) is 19.1 Å². The fourth-order valence-electron chi connectivity index (χ4n) is 9.54. The fourth-order valence-corrected chi connectivity index (χ4v) is 9.54. The summed E-state index contributed by atoms with van der Waals surface area (Å²) in [5.74, 6) is 0.652. The molecule has 0 aliphatic carbocycles. The zero-order chi connectivity index (χ0) is 37.9. The van der Waals surface area contributed by atoms with Crippen LogP contribution in [-0.2, 0) is 0 Å². The predicted octanol–water partition coefficient (Wildman–Crippen LogP) is 14.1. The van der Waals surface area contributed by atoms with E-state index in [-0.39, 0.29) is 0 Å². The first-order chi connectivity index (χ1) is 28.7. The van der Waals surface area contributed by atoms with Gasteiger partial charge in [0.1, 0.15) is 0 Å². The van der Waals surface area contributed by atoms with Gasteiger partial charge in [0.2, 0.25) is 5.95 Å². The van der Waals surface area contributed by atoms with E-state index in [2.05, 4.69) is 203 Å². The molecule has 4 nitrogen and oxygen atoms in total. The van der Waals surface area contributed by atoms with E-state index < -0.39 is 0 Å². The van der Waals surface area contributed by atoms with Crippen LogP contribution in [0, 0.1) is 0 Å². The topological polar surface area (TPSA) is 35.6 Å². The van der Waals surface area contributed by atoms with Crippen molar-refractivity contribution in [2.24, 2.45) is 0 Å². The van der Waals surface area contributed by atoms with Crippen molar-refractivity contribution in [3.8, 4) is 22.9 Å². The highest BCUT2D eigenvalue weighted by molar-refractivity contribution is 6.24. The average molecular weight is 737 g/mol. The molecule has 4 heteroatoms. The Hall–Kier alpha value is -7.82. The van der Waals surface area contributed by atoms with Crippen molar-refractivity contribution >= 4 is 97.6 Å². The van der Waals surface area contributed by atoms with Crippen molar-refractivity contribution in [1.29, 1.82) is 0 Å². The van der Waals surface area contributed by atoms with E-state index in [0.717, 1.165) is 55.0 Å². The van der Waals surface area contributed by atoms with Crippen molar-refractivity contribution in [2.75, 3.05) is 0 Å². The summed E-state index contributed by atoms with van der Waals surface area (Å²) in [6.07, 6.45) is 0. The van der Waals surface area contributed by atoms with Gasteiger partial charge in [-0.25, -0.2) is 9.97 Å². The van der Waals surface area contributed by atoms with E-state index in [1.54, 1.807) is 0 Å². The minimum Gasteiger partial charge on any atom is -0.309 e. The number of benzene rings is 10. The maximum atomic E-state index is 5.59. The Kier molecular flexibility index (Phi) is 6.41. The van der Waals surface area contributed by atoms with Gasteiger partial charge in [0, 0.05) is 49.0 Å². The van der Waals surface area contributed by atoms with E-state index in [0.29, 0.717) is 5.95 Å². The van der Waals surface area contributed by atoms with E-state index >= 15 is 0 Å². The molecule has 10 aromatic carbocycles. The molecule has 3 aromatic heterocycles. The first-order valence-electron chi connectivity index (χ1n) is 19.8. The number of hydrogen-bond donors (Lipinski definition) is 0. The minimum absolute atomic E-state index is 0.652. The summed E-state index contributed by atoms with van der Waals surface area (Å²) in [5, 5.41) is 15.2. The van der Waals surface area contributed by atoms with Crippen LogP contribution in [0.5, 0.6) is 0 Å². The standard InChI is InChI=1S/C54H32N4/c1-2-18-40(19-3-1)57-49-32-47-45-29-37-16-6-7-17-38(37)30-48(45)58(50(47)31-46(49)43-26-24-35-14-9-11-21-42(35)53(43)57)54-55-51(39-23-22-33-12-4-5-15-36(33)28-39)44-27-25-34-13-8-10-20-41(34)52(44)56-54/h1-32H. The van der Waals surface area contributed by atoms with Crippen LogP contribution in [0.4, 0.5) is 0 Å². The van der Waals surface area contributed by atoms with E-state index in [1.165, 1.54) is 59.5 Å². The molecule has 0 spiro atoms. The second-order valence-corrected chi connectivity index (χ2v) is 15.4. The monoisotopic (exact) mass is 736 g/mol. The van der Waals surface area contributed by atoms with Crippen LogP contribution in [0.15, 0.2) is 194 Å². The maximum absolute atomic E-state index is 5.59. The van der Waals surface area contributed by atoms with Gasteiger partial charge in [0.05, 0.1) is 33.3 Å². The van der Waals surface area contributed by atoms with Crippen LogP contribution >= 0.6 is 0 Å². The summed E-state index contributed by atoms with van der Waals surface area (Å²) in [5.41, 5.74) is 8.58. The second-order valence-electron chi connectivity index (χ2n) is 15.4. The van der Waals surface area contributed by atoms with Crippen molar-refractivity contribution < 1.29 is 0 Å². The summed E-state index contributed by atoms with van der Waals surface area (Å²) in [6.45, 7) is 0. The molecule has 0 fully saturated rings. The number of para-hydroxylation sites is 1. The summed E-state index contributed by atoms with van der Waals surface area (Å²) in [7, 11) is 0. The highest BCUT2D eigenvalue weighted by atomic mass is 15.2. The highest BCUT2D eigenvalue weighted by Gasteiger charge is 2.23. The van der Waals surface area contributed by atoms with Crippen LogP contribution in [0.3, 0.4) is 0 Å². The lowest BCUT2D eigenvalue weighted by molar-refractivity contribution is 1.02. The van der Waals surface area contributed by atoms with Gasteiger partial charge in [0.25, 0.3) is 0 Å². The molecule has 13 rings (SSSR count). The Morgan fingerprint density at radius 2 is 0.845 bits per heavy atom. The smallest absolute Gasteiger partial charge is 0.235 e. The van der Waals surface area contributed by atoms with Gasteiger partial charge in [-0.15, -0.1) is 0 Å². The first-order valence-corrected chi connectivity index (χ1v) is 19.8. The van der Waals surface area contributed by atoms with Crippen molar-refractivity contribution in [2.45, 2.75) is 0 Å². The second kappa shape index (κ2) is 11.8. The van der Waals surface area contributed by atoms with E-state index in [4.69, 9.17) is 9.97 Å². The lowest BCUT2D eigenvalue weighted by atomic mass is 10.00. The summed E-state index contributed by atoms with van der Waals surface area (Å²) < 4.78 is 4.77. The van der Waals surface area contributed by atoms with E-state index in [9.17, 15) is 0 Å². The highest BCUT2D eigenvalue weighted by Crippen LogP contribution is 2.43. The van der Waals surface area contributed by atoms with Gasteiger partial charge < -0.3 is 4.57 Å². The van der Waals surface area contributed by atoms with Crippen molar-refractivity contribution in [3.63, 3.8) is 0 Å². The third-order valence-corrected chi connectivity index (χ3v) is 12.2. The number of aromatic nitrogens is 4. The normalized spacial score (nSPS) is 12.1. The van der Waals surface area contributed by atoms with Crippen LogP contribution < -0.4 is 0 Å². The molecule has 0 atom stereocenters. The Labute approximate surface area is 332 Å². The molecule has 58 heavy (non-hydrogen) atoms. The Balaban J connectivity index is 1.21. The number of nitrogens with zero attached hydrogens (tertiary/aromatic N) is 4. The number of hydrogen-bond acceptors (Lipinski definition) is 2. The summed E-state index contributed by atoms with van der Waals surface area (Å²) in [4.78, 5) is 11.1. The lowest BCUT2D eigenvalue weighted by Crippen LogP contribution is -2.04. The molecule has 0 aliphatic rings. The Bertz CT molecular complexity index is 3850. The van der Waals surface area contributed by atoms with Gasteiger partial charge in [-0.2, -0.15) is 0 Å². The largest absolute Gasteiger partial charge is 0.309 e. The van der Waals surface area contributed by atoms with Gasteiger partial charge in [-0.05, 0) is 80.8 Å². The van der Waals surface area contributed by atoms with Gasteiger partial charge in [0.15, 0.2) is 0 Å². The third-order valence-electron chi connectivity index (χ3n) is 12.2.